The summed E-state index contributed by atoms with van der Waals surface area (Å²) in [5, 5.41) is 0. The number of fused-ring (bicyclic) bond motifs is 1. The van der Waals surface area contributed by atoms with E-state index in [0.29, 0.717) is 30.5 Å². The van der Waals surface area contributed by atoms with E-state index in [-0.39, 0.29) is 5.91 Å². The summed E-state index contributed by atoms with van der Waals surface area (Å²) < 4.78 is 27.0. The van der Waals surface area contributed by atoms with E-state index in [2.05, 4.69) is 14.7 Å². The molecule has 0 aliphatic carbocycles. The molecule has 6 heteroatoms. The summed E-state index contributed by atoms with van der Waals surface area (Å²) in [5.74, 6) is -0.285. The van der Waals surface area contributed by atoms with Gasteiger partial charge < -0.3 is 9.80 Å². The SMILES string of the molecule is CN(C)CCCN1C(=O)CC[C@@H]2CN(Cc3ccc(F)cc3F)CC[C@@H]21. The molecule has 1 amide bonds. The van der Waals surface area contributed by atoms with Crippen LogP contribution >= 0.6 is 0 Å². The fourth-order valence-electron chi connectivity index (χ4n) is 4.31. The van der Waals surface area contributed by atoms with E-state index in [4.69, 9.17) is 0 Å². The van der Waals surface area contributed by atoms with E-state index < -0.39 is 11.6 Å². The van der Waals surface area contributed by atoms with Crippen LogP contribution in [-0.2, 0) is 11.3 Å². The summed E-state index contributed by atoms with van der Waals surface area (Å²) in [5.41, 5.74) is 0.541. The largest absolute Gasteiger partial charge is 0.339 e. The van der Waals surface area contributed by atoms with Gasteiger partial charge in [-0.1, -0.05) is 6.07 Å². The molecule has 0 spiro atoms. The highest BCUT2D eigenvalue weighted by molar-refractivity contribution is 5.77. The van der Waals surface area contributed by atoms with Gasteiger partial charge >= 0.3 is 0 Å². The van der Waals surface area contributed by atoms with Crippen molar-refractivity contribution in [1.82, 2.24) is 14.7 Å². The van der Waals surface area contributed by atoms with Crippen molar-refractivity contribution in [1.29, 1.82) is 0 Å². The first-order valence-electron chi connectivity index (χ1n) is 9.54. The van der Waals surface area contributed by atoms with Crippen LogP contribution in [0.25, 0.3) is 0 Å². The fraction of sp³-hybridized carbons (Fsp3) is 0.650. The van der Waals surface area contributed by atoms with Crippen LogP contribution in [0.4, 0.5) is 8.78 Å². The Morgan fingerprint density at radius 2 is 2.04 bits per heavy atom. The second-order valence-corrected chi connectivity index (χ2v) is 7.87. The Bertz CT molecular complexity index is 637. The maximum absolute atomic E-state index is 13.9. The van der Waals surface area contributed by atoms with E-state index in [1.54, 1.807) is 0 Å². The van der Waals surface area contributed by atoms with E-state index >= 15 is 0 Å². The third-order valence-electron chi connectivity index (χ3n) is 5.64. The van der Waals surface area contributed by atoms with Crippen molar-refractivity contribution < 1.29 is 13.6 Å². The molecule has 0 saturated carbocycles. The van der Waals surface area contributed by atoms with E-state index in [1.165, 1.54) is 12.1 Å². The van der Waals surface area contributed by atoms with Gasteiger partial charge in [0.1, 0.15) is 11.6 Å². The van der Waals surface area contributed by atoms with Crippen LogP contribution in [0.1, 0.15) is 31.2 Å². The third-order valence-corrected chi connectivity index (χ3v) is 5.64. The average Bonchev–Trinajstić information content (AvgIpc) is 2.59. The number of carbonyl (C=O) groups excluding carboxylic acids is 1. The average molecular weight is 365 g/mol. The molecule has 2 fully saturated rings. The smallest absolute Gasteiger partial charge is 0.222 e. The first-order chi connectivity index (χ1) is 12.4. The maximum atomic E-state index is 13.9. The molecule has 2 aliphatic heterocycles. The zero-order valence-electron chi connectivity index (χ0n) is 15.8. The molecule has 0 aromatic heterocycles. The minimum atomic E-state index is -0.538. The van der Waals surface area contributed by atoms with Crippen molar-refractivity contribution >= 4 is 5.91 Å². The van der Waals surface area contributed by atoms with Crippen LogP contribution in [0, 0.1) is 17.6 Å². The highest BCUT2D eigenvalue weighted by atomic mass is 19.1. The molecule has 2 heterocycles. The van der Waals surface area contributed by atoms with Crippen molar-refractivity contribution in [2.45, 2.75) is 38.3 Å². The van der Waals surface area contributed by atoms with Gasteiger partial charge in [0.05, 0.1) is 0 Å². The zero-order chi connectivity index (χ0) is 18.7. The molecule has 2 atom stereocenters. The molecule has 0 bridgehead atoms. The van der Waals surface area contributed by atoms with Gasteiger partial charge in [-0.05, 0) is 51.9 Å². The van der Waals surface area contributed by atoms with Gasteiger partial charge in [-0.15, -0.1) is 0 Å². The lowest BCUT2D eigenvalue weighted by molar-refractivity contribution is -0.141. The maximum Gasteiger partial charge on any atom is 0.222 e. The van der Waals surface area contributed by atoms with E-state index in [9.17, 15) is 13.6 Å². The molecule has 3 rings (SSSR count). The summed E-state index contributed by atoms with van der Waals surface area (Å²) >= 11 is 0. The lowest BCUT2D eigenvalue weighted by Gasteiger charge is -2.47. The number of hydrogen-bond donors (Lipinski definition) is 0. The van der Waals surface area contributed by atoms with Crippen LogP contribution in [0.2, 0.25) is 0 Å². The number of nitrogens with zero attached hydrogens (tertiary/aromatic N) is 3. The molecule has 2 aliphatic rings. The highest BCUT2D eigenvalue weighted by Gasteiger charge is 2.38. The summed E-state index contributed by atoms with van der Waals surface area (Å²) in [6.45, 7) is 4.03. The number of hydrogen-bond acceptors (Lipinski definition) is 3. The quantitative estimate of drug-likeness (QED) is 0.776. The summed E-state index contributed by atoms with van der Waals surface area (Å²) in [6, 6.07) is 4.12. The number of carbonyl (C=O) groups is 1. The number of amides is 1. The molecule has 0 unspecified atom stereocenters. The molecule has 144 valence electrons. The predicted molar refractivity (Wildman–Crippen MR) is 97.6 cm³/mol. The van der Waals surface area contributed by atoms with Gasteiger partial charge in [-0.3, -0.25) is 9.69 Å². The number of piperidine rings is 2. The summed E-state index contributed by atoms with van der Waals surface area (Å²) in [7, 11) is 4.10. The first-order valence-corrected chi connectivity index (χ1v) is 9.54. The molecular weight excluding hydrogens is 336 g/mol. The number of halogens is 2. The van der Waals surface area contributed by atoms with Gasteiger partial charge in [0.15, 0.2) is 0 Å². The fourth-order valence-corrected chi connectivity index (χ4v) is 4.31. The molecular formula is C20H29F2N3O. The molecule has 1 aromatic carbocycles. The van der Waals surface area contributed by atoms with Crippen LogP contribution in [0.5, 0.6) is 0 Å². The topological polar surface area (TPSA) is 26.8 Å². The second kappa shape index (κ2) is 8.44. The molecule has 1 aromatic rings. The van der Waals surface area contributed by atoms with E-state index in [0.717, 1.165) is 51.5 Å². The van der Waals surface area contributed by atoms with E-state index in [1.807, 2.05) is 14.1 Å². The Morgan fingerprint density at radius 1 is 1.23 bits per heavy atom. The van der Waals surface area contributed by atoms with Gasteiger partial charge in [-0.25, -0.2) is 8.78 Å². The first kappa shape index (κ1) is 19.2. The highest BCUT2D eigenvalue weighted by Crippen LogP contribution is 2.32. The van der Waals surface area contributed by atoms with Crippen molar-refractivity contribution in [2.24, 2.45) is 5.92 Å². The zero-order valence-corrected chi connectivity index (χ0v) is 15.8. The van der Waals surface area contributed by atoms with Crippen LogP contribution in [-0.4, -0.2) is 66.9 Å². The molecule has 0 N–H and O–H groups in total. The summed E-state index contributed by atoms with van der Waals surface area (Å²) in [4.78, 5) is 18.9. The lowest BCUT2D eigenvalue weighted by Crippen LogP contribution is -2.56. The van der Waals surface area contributed by atoms with Gasteiger partial charge in [0.2, 0.25) is 5.91 Å². The Kier molecular flexibility index (Phi) is 6.24. The minimum Gasteiger partial charge on any atom is -0.339 e. The Balaban J connectivity index is 1.59. The van der Waals surface area contributed by atoms with Crippen LogP contribution in [0.15, 0.2) is 18.2 Å². The second-order valence-electron chi connectivity index (χ2n) is 7.87. The standard InChI is InChI=1S/C20H29F2N3O/c1-23(2)9-3-10-25-19-8-11-24(14-16(19)5-7-20(25)26)13-15-4-6-17(21)12-18(15)22/h4,6,12,16,19H,3,5,7-11,13-14H2,1-2H3/t16-,19+/m1/s1. The predicted octanol–water partition coefficient (Wildman–Crippen LogP) is 2.73. The summed E-state index contributed by atoms with van der Waals surface area (Å²) in [6.07, 6.45) is 3.45. The lowest BCUT2D eigenvalue weighted by atomic mass is 9.83. The Labute approximate surface area is 154 Å². The molecule has 0 radical (unpaired) electrons. The van der Waals surface area contributed by atoms with Crippen molar-refractivity contribution in [3.63, 3.8) is 0 Å². The monoisotopic (exact) mass is 365 g/mol. The molecule has 2 saturated heterocycles. The number of rotatable bonds is 6. The minimum absolute atomic E-state index is 0.281. The van der Waals surface area contributed by atoms with Gasteiger partial charge in [0, 0.05) is 50.3 Å². The van der Waals surface area contributed by atoms with Crippen molar-refractivity contribution in [3.05, 3.63) is 35.4 Å². The third kappa shape index (κ3) is 4.60. The van der Waals surface area contributed by atoms with Crippen molar-refractivity contribution in [3.8, 4) is 0 Å². The number of benzene rings is 1. The van der Waals surface area contributed by atoms with Crippen LogP contribution < -0.4 is 0 Å². The molecule has 4 nitrogen and oxygen atoms in total. The normalized spacial score (nSPS) is 24.2. The molecule has 26 heavy (non-hydrogen) atoms. The Morgan fingerprint density at radius 3 is 2.77 bits per heavy atom. The van der Waals surface area contributed by atoms with Crippen molar-refractivity contribution in [2.75, 3.05) is 40.3 Å². The van der Waals surface area contributed by atoms with Crippen LogP contribution in [0.3, 0.4) is 0 Å². The van der Waals surface area contributed by atoms with Gasteiger partial charge in [0.25, 0.3) is 0 Å². The number of likely N-dealkylation sites (tertiary alicyclic amines) is 2. The Hall–Kier alpha value is -1.53. The van der Waals surface area contributed by atoms with Gasteiger partial charge in [-0.2, -0.15) is 0 Å².